The van der Waals surface area contributed by atoms with Crippen LogP contribution in [0.5, 0.6) is 11.5 Å². The van der Waals surface area contributed by atoms with E-state index in [4.69, 9.17) is 21.1 Å². The molecule has 0 aliphatic carbocycles. The molecular formula is C25H28ClFN4O3. The number of halogens is 2. The van der Waals surface area contributed by atoms with E-state index in [0.29, 0.717) is 36.1 Å². The summed E-state index contributed by atoms with van der Waals surface area (Å²) in [5.41, 5.74) is 0.973. The van der Waals surface area contributed by atoms with E-state index in [1.807, 2.05) is 13.8 Å². The number of carbonyl (C=O) groups is 1. The predicted octanol–water partition coefficient (Wildman–Crippen LogP) is 5.90. The fourth-order valence-electron chi connectivity index (χ4n) is 3.96. The molecule has 1 N–H and O–H groups in total. The van der Waals surface area contributed by atoms with Gasteiger partial charge in [0, 0.05) is 24.1 Å². The zero-order chi connectivity index (χ0) is 24.1. The van der Waals surface area contributed by atoms with Crippen LogP contribution in [0.3, 0.4) is 0 Å². The minimum absolute atomic E-state index is 0.0499. The molecule has 2 aromatic carbocycles. The quantitative estimate of drug-likeness (QED) is 0.428. The predicted molar refractivity (Wildman–Crippen MR) is 129 cm³/mol. The van der Waals surface area contributed by atoms with Crippen LogP contribution in [-0.4, -0.2) is 33.9 Å². The fourth-order valence-corrected chi connectivity index (χ4v) is 4.22. The normalized spacial score (nSPS) is 13.2. The van der Waals surface area contributed by atoms with Crippen molar-refractivity contribution in [2.24, 2.45) is 0 Å². The van der Waals surface area contributed by atoms with Crippen LogP contribution < -0.4 is 14.8 Å². The molecule has 0 spiro atoms. The maximum absolute atomic E-state index is 14.6. The van der Waals surface area contributed by atoms with Gasteiger partial charge in [-0.3, -0.25) is 4.79 Å². The van der Waals surface area contributed by atoms with Gasteiger partial charge in [0.2, 0.25) is 0 Å². The maximum atomic E-state index is 14.6. The number of hydrogen-bond acceptors (Lipinski definition) is 5. The third kappa shape index (κ3) is 5.17. The Bertz CT molecular complexity index is 1180. The van der Waals surface area contributed by atoms with Crippen molar-refractivity contribution in [3.63, 3.8) is 0 Å². The van der Waals surface area contributed by atoms with Gasteiger partial charge in [-0.2, -0.15) is 0 Å². The van der Waals surface area contributed by atoms with Gasteiger partial charge in [0.1, 0.15) is 11.6 Å². The third-order valence-corrected chi connectivity index (χ3v) is 5.89. The van der Waals surface area contributed by atoms with Gasteiger partial charge in [-0.15, -0.1) is 10.2 Å². The number of nitrogens with zero attached hydrogens (tertiary/aromatic N) is 3. The number of aromatic nitrogens is 3. The van der Waals surface area contributed by atoms with E-state index in [1.54, 1.807) is 18.2 Å². The minimum atomic E-state index is -0.549. The molecule has 0 atom stereocenters. The number of fused-ring (bicyclic) bond motifs is 1. The summed E-state index contributed by atoms with van der Waals surface area (Å²) in [6, 6.07) is 7.60. The Morgan fingerprint density at radius 1 is 1.15 bits per heavy atom. The second kappa shape index (κ2) is 10.9. The van der Waals surface area contributed by atoms with Gasteiger partial charge in [-0.1, -0.05) is 24.9 Å². The largest absolute Gasteiger partial charge is 0.490 e. The van der Waals surface area contributed by atoms with Gasteiger partial charge >= 0.3 is 0 Å². The summed E-state index contributed by atoms with van der Waals surface area (Å²) in [5.74, 6) is 1.31. The van der Waals surface area contributed by atoms with E-state index >= 15 is 0 Å². The lowest BCUT2D eigenvalue weighted by molar-refractivity contribution is 0.102. The first kappa shape index (κ1) is 24.0. The summed E-state index contributed by atoms with van der Waals surface area (Å²) in [6.45, 7) is 5.48. The maximum Gasteiger partial charge on any atom is 0.255 e. The number of amides is 1. The van der Waals surface area contributed by atoms with Gasteiger partial charge in [0.15, 0.2) is 17.3 Å². The molecule has 2 heterocycles. The summed E-state index contributed by atoms with van der Waals surface area (Å²) in [7, 11) is 0. The first-order valence-electron chi connectivity index (χ1n) is 11.6. The highest BCUT2D eigenvalue weighted by atomic mass is 35.5. The van der Waals surface area contributed by atoms with Gasteiger partial charge < -0.3 is 19.4 Å². The average molecular weight is 487 g/mol. The molecule has 3 aromatic rings. The molecule has 1 amide bonds. The Kier molecular flexibility index (Phi) is 7.67. The third-order valence-electron chi connectivity index (χ3n) is 5.60. The molecular weight excluding hydrogens is 459 g/mol. The number of carbonyl (C=O) groups excluding carboxylic acids is 1. The van der Waals surface area contributed by atoms with Gasteiger partial charge in [0.25, 0.3) is 5.91 Å². The lowest BCUT2D eigenvalue weighted by Gasteiger charge is -2.15. The van der Waals surface area contributed by atoms with Crippen LogP contribution in [0.1, 0.15) is 55.7 Å². The molecule has 4 rings (SSSR count). The zero-order valence-electron chi connectivity index (χ0n) is 19.4. The van der Waals surface area contributed by atoms with Crippen molar-refractivity contribution in [2.45, 2.75) is 52.5 Å². The van der Waals surface area contributed by atoms with Crippen molar-refractivity contribution in [1.29, 1.82) is 0 Å². The highest BCUT2D eigenvalue weighted by molar-refractivity contribution is 6.32. The number of ether oxygens (including phenoxy) is 2. The molecule has 9 heteroatoms. The molecule has 0 bridgehead atoms. The van der Waals surface area contributed by atoms with Crippen molar-refractivity contribution in [1.82, 2.24) is 14.8 Å². The van der Waals surface area contributed by atoms with Crippen LogP contribution in [0.15, 0.2) is 30.3 Å². The molecule has 7 nitrogen and oxygen atoms in total. The van der Waals surface area contributed by atoms with E-state index in [-0.39, 0.29) is 16.3 Å². The number of aryl methyl sites for hydroxylation is 1. The molecule has 0 unspecified atom stereocenters. The van der Waals surface area contributed by atoms with E-state index in [1.165, 1.54) is 12.1 Å². The summed E-state index contributed by atoms with van der Waals surface area (Å²) >= 11 is 6.38. The first-order valence-corrected chi connectivity index (χ1v) is 12.0. The second-order valence-electron chi connectivity index (χ2n) is 8.12. The Morgan fingerprint density at radius 3 is 2.79 bits per heavy atom. The van der Waals surface area contributed by atoms with Gasteiger partial charge in [-0.05, 0) is 56.5 Å². The highest BCUT2D eigenvalue weighted by Gasteiger charge is 2.20. The van der Waals surface area contributed by atoms with E-state index < -0.39 is 11.7 Å². The molecule has 34 heavy (non-hydrogen) atoms. The zero-order valence-corrected chi connectivity index (χ0v) is 20.1. The average Bonchev–Trinajstić information content (AvgIpc) is 3.08. The Hall–Kier alpha value is -3.13. The SMILES string of the molecule is CCCOc1c(Cl)cc(C(=O)Nc2cc(-c3nnc4n3CCCCC4)ccc2F)cc1OCC. The van der Waals surface area contributed by atoms with Crippen LogP contribution in [-0.2, 0) is 13.0 Å². The molecule has 0 fully saturated rings. The minimum Gasteiger partial charge on any atom is -0.490 e. The molecule has 1 aliphatic heterocycles. The monoisotopic (exact) mass is 486 g/mol. The van der Waals surface area contributed by atoms with Crippen LogP contribution in [0.25, 0.3) is 11.4 Å². The van der Waals surface area contributed by atoms with Crippen molar-refractivity contribution < 1.29 is 18.7 Å². The number of anilines is 1. The fraction of sp³-hybridized carbons (Fsp3) is 0.400. The van der Waals surface area contributed by atoms with E-state index in [9.17, 15) is 9.18 Å². The summed E-state index contributed by atoms with van der Waals surface area (Å²) in [4.78, 5) is 13.0. The molecule has 180 valence electrons. The van der Waals surface area contributed by atoms with Crippen LogP contribution in [0.4, 0.5) is 10.1 Å². The Labute approximate surface area is 203 Å². The molecule has 0 radical (unpaired) electrons. The molecule has 0 saturated carbocycles. The van der Waals surface area contributed by atoms with Crippen LogP contribution >= 0.6 is 11.6 Å². The number of hydrogen-bond donors (Lipinski definition) is 1. The van der Waals surface area contributed by atoms with Gasteiger partial charge in [-0.25, -0.2) is 4.39 Å². The smallest absolute Gasteiger partial charge is 0.255 e. The van der Waals surface area contributed by atoms with E-state index in [0.717, 1.165) is 44.5 Å². The number of nitrogens with one attached hydrogen (secondary N) is 1. The van der Waals surface area contributed by atoms with Crippen LogP contribution in [0, 0.1) is 5.82 Å². The van der Waals surface area contributed by atoms with Crippen LogP contribution in [0.2, 0.25) is 5.02 Å². The lowest BCUT2D eigenvalue weighted by atomic mass is 10.1. The summed E-state index contributed by atoms with van der Waals surface area (Å²) < 4.78 is 28.0. The molecule has 1 aliphatic rings. The first-order chi connectivity index (χ1) is 16.5. The number of benzene rings is 2. The van der Waals surface area contributed by atoms with Crippen molar-refractivity contribution >= 4 is 23.2 Å². The molecule has 0 saturated heterocycles. The summed E-state index contributed by atoms with van der Waals surface area (Å²) in [6.07, 6.45) is 4.94. The number of rotatable bonds is 8. The Morgan fingerprint density at radius 2 is 2.00 bits per heavy atom. The van der Waals surface area contributed by atoms with E-state index in [2.05, 4.69) is 20.1 Å². The van der Waals surface area contributed by atoms with Crippen molar-refractivity contribution in [2.75, 3.05) is 18.5 Å². The highest BCUT2D eigenvalue weighted by Crippen LogP contribution is 2.37. The topological polar surface area (TPSA) is 78.3 Å². The van der Waals surface area contributed by atoms with Crippen molar-refractivity contribution in [3.8, 4) is 22.9 Å². The molecule has 1 aromatic heterocycles. The Balaban J connectivity index is 1.61. The second-order valence-corrected chi connectivity index (χ2v) is 8.52. The van der Waals surface area contributed by atoms with Crippen molar-refractivity contribution in [3.05, 3.63) is 52.6 Å². The lowest BCUT2D eigenvalue weighted by Crippen LogP contribution is -2.14. The summed E-state index contributed by atoms with van der Waals surface area (Å²) in [5, 5.41) is 11.5. The van der Waals surface area contributed by atoms with Gasteiger partial charge in [0.05, 0.1) is 23.9 Å². The standard InChI is InChI=1S/C25H28ClFN4O3/c1-3-12-34-23-18(26)13-17(15-21(23)33-4-2)25(32)28-20-14-16(9-10-19(20)27)24-30-29-22-8-6-5-7-11-31(22)24/h9-10,13-15H,3-8,11-12H2,1-2H3,(H,28,32).